The number of hydrogen-bond donors (Lipinski definition) is 1. The topological polar surface area (TPSA) is 47.6 Å². The molecule has 1 aliphatic heterocycles. The molecule has 0 radical (unpaired) electrons. The Morgan fingerprint density at radius 3 is 2.68 bits per heavy atom. The van der Waals surface area contributed by atoms with Crippen LogP contribution in [0, 0.1) is 17.8 Å². The maximum absolute atomic E-state index is 12.7. The molecule has 3 atom stereocenters. The van der Waals surface area contributed by atoms with Crippen molar-refractivity contribution in [3.8, 4) is 11.5 Å². The van der Waals surface area contributed by atoms with Crippen LogP contribution in [0.15, 0.2) is 18.2 Å². The second-order valence-electron chi connectivity index (χ2n) is 7.70. The average Bonchev–Trinajstić information content (AvgIpc) is 3.23. The molecular formula is C21H27NO3. The van der Waals surface area contributed by atoms with E-state index in [1.807, 2.05) is 18.2 Å². The fourth-order valence-electron chi connectivity index (χ4n) is 5.04. The van der Waals surface area contributed by atoms with Crippen LogP contribution < -0.4 is 14.8 Å². The second-order valence-corrected chi connectivity index (χ2v) is 7.70. The first-order valence-corrected chi connectivity index (χ1v) is 9.41. The van der Waals surface area contributed by atoms with Crippen molar-refractivity contribution in [3.63, 3.8) is 0 Å². The lowest BCUT2D eigenvalue weighted by Crippen LogP contribution is -2.24. The monoisotopic (exact) mass is 341 g/mol. The number of benzene rings is 1. The first kappa shape index (κ1) is 16.5. The van der Waals surface area contributed by atoms with Gasteiger partial charge in [0.05, 0.1) is 14.2 Å². The Labute approximate surface area is 149 Å². The lowest BCUT2D eigenvalue weighted by Gasteiger charge is -2.24. The zero-order valence-corrected chi connectivity index (χ0v) is 15.1. The summed E-state index contributed by atoms with van der Waals surface area (Å²) in [5.41, 5.74) is 3.19. The van der Waals surface area contributed by atoms with Crippen LogP contribution in [0.2, 0.25) is 0 Å². The Morgan fingerprint density at radius 2 is 2.00 bits per heavy atom. The maximum atomic E-state index is 12.7. The number of carbonyl (C=O) groups excluding carboxylic acids is 1. The van der Waals surface area contributed by atoms with Gasteiger partial charge >= 0.3 is 0 Å². The molecule has 0 aromatic heterocycles. The van der Waals surface area contributed by atoms with E-state index in [4.69, 9.17) is 9.47 Å². The minimum absolute atomic E-state index is 0.252. The number of fused-ring (bicyclic) bond motifs is 3. The van der Waals surface area contributed by atoms with E-state index in [2.05, 4.69) is 5.32 Å². The summed E-state index contributed by atoms with van der Waals surface area (Å²) in [5, 5.41) is 3.40. The summed E-state index contributed by atoms with van der Waals surface area (Å²) in [6, 6.07) is 4.01. The van der Waals surface area contributed by atoms with Gasteiger partial charge in [-0.05, 0) is 61.1 Å². The fraction of sp³-hybridized carbons (Fsp3) is 0.571. The molecule has 1 aromatic carbocycles. The highest BCUT2D eigenvalue weighted by Crippen LogP contribution is 2.49. The van der Waals surface area contributed by atoms with E-state index in [-0.39, 0.29) is 5.78 Å². The van der Waals surface area contributed by atoms with Gasteiger partial charge in [0, 0.05) is 30.3 Å². The highest BCUT2D eigenvalue weighted by molar-refractivity contribution is 5.97. The summed E-state index contributed by atoms with van der Waals surface area (Å²) in [6.07, 6.45) is 8.77. The molecule has 4 heteroatoms. The third kappa shape index (κ3) is 3.14. The Balaban J connectivity index is 1.55. The van der Waals surface area contributed by atoms with Crippen LogP contribution in [0.25, 0.3) is 5.70 Å². The zero-order chi connectivity index (χ0) is 17.4. The quantitative estimate of drug-likeness (QED) is 0.832. The number of ether oxygens (including phenoxy) is 2. The van der Waals surface area contributed by atoms with E-state index in [1.54, 1.807) is 14.2 Å². The first-order valence-electron chi connectivity index (χ1n) is 9.41. The third-order valence-electron chi connectivity index (χ3n) is 6.26. The molecule has 2 saturated carbocycles. The number of hydrogen-bond acceptors (Lipinski definition) is 4. The lowest BCUT2D eigenvalue weighted by molar-refractivity contribution is -0.115. The highest BCUT2D eigenvalue weighted by Gasteiger charge is 2.39. The Kier molecular flexibility index (Phi) is 4.45. The van der Waals surface area contributed by atoms with Crippen molar-refractivity contribution in [2.75, 3.05) is 20.8 Å². The molecule has 2 aliphatic carbocycles. The fourth-order valence-corrected chi connectivity index (χ4v) is 5.04. The zero-order valence-electron chi connectivity index (χ0n) is 15.1. The van der Waals surface area contributed by atoms with Gasteiger partial charge in [-0.2, -0.15) is 0 Å². The van der Waals surface area contributed by atoms with Gasteiger partial charge in [-0.25, -0.2) is 0 Å². The maximum Gasteiger partial charge on any atom is 0.161 e. The van der Waals surface area contributed by atoms with Gasteiger partial charge in [0.25, 0.3) is 0 Å². The van der Waals surface area contributed by atoms with Crippen LogP contribution in [0.5, 0.6) is 11.5 Å². The van der Waals surface area contributed by atoms with Crippen molar-refractivity contribution in [3.05, 3.63) is 29.3 Å². The van der Waals surface area contributed by atoms with E-state index in [0.29, 0.717) is 18.1 Å². The van der Waals surface area contributed by atoms with Crippen LogP contribution in [-0.4, -0.2) is 26.5 Å². The molecule has 3 aliphatic rings. The Hall–Kier alpha value is -1.97. The second kappa shape index (κ2) is 6.74. The normalized spacial score (nSPS) is 28.6. The van der Waals surface area contributed by atoms with Gasteiger partial charge in [0.15, 0.2) is 17.3 Å². The molecule has 1 aromatic rings. The summed E-state index contributed by atoms with van der Waals surface area (Å²) in [6.45, 7) is 0.843. The summed E-state index contributed by atoms with van der Waals surface area (Å²) in [4.78, 5) is 12.7. The molecule has 4 rings (SSSR count). The molecule has 4 nitrogen and oxygen atoms in total. The van der Waals surface area contributed by atoms with Crippen LogP contribution in [0.1, 0.15) is 43.2 Å². The van der Waals surface area contributed by atoms with Crippen LogP contribution in [0.4, 0.5) is 0 Å². The molecule has 2 bridgehead atoms. The molecule has 134 valence electrons. The SMILES string of the molecule is COc1cc2c(cc1OC)/C(=C/C(=O)CC1C[C@@H]3CC[C@H]1C3)NCC2. The van der Waals surface area contributed by atoms with Gasteiger partial charge in [0.2, 0.25) is 0 Å². The minimum atomic E-state index is 0.252. The van der Waals surface area contributed by atoms with Crippen molar-refractivity contribution in [2.45, 2.75) is 38.5 Å². The van der Waals surface area contributed by atoms with Gasteiger partial charge in [-0.1, -0.05) is 6.42 Å². The van der Waals surface area contributed by atoms with Gasteiger partial charge in [-0.3, -0.25) is 4.79 Å². The molecule has 1 unspecified atom stereocenters. The van der Waals surface area contributed by atoms with E-state index >= 15 is 0 Å². The highest BCUT2D eigenvalue weighted by atomic mass is 16.5. The van der Waals surface area contributed by atoms with E-state index in [0.717, 1.165) is 41.8 Å². The van der Waals surface area contributed by atoms with Gasteiger partial charge in [-0.15, -0.1) is 0 Å². The molecule has 25 heavy (non-hydrogen) atoms. The van der Waals surface area contributed by atoms with Crippen molar-refractivity contribution < 1.29 is 14.3 Å². The van der Waals surface area contributed by atoms with Crippen molar-refractivity contribution in [1.29, 1.82) is 0 Å². The molecule has 2 fully saturated rings. The van der Waals surface area contributed by atoms with E-state index in [1.165, 1.54) is 31.2 Å². The van der Waals surface area contributed by atoms with E-state index in [9.17, 15) is 4.79 Å². The molecule has 0 saturated heterocycles. The smallest absolute Gasteiger partial charge is 0.161 e. The van der Waals surface area contributed by atoms with Crippen LogP contribution >= 0.6 is 0 Å². The third-order valence-corrected chi connectivity index (χ3v) is 6.26. The number of methoxy groups -OCH3 is 2. The van der Waals surface area contributed by atoms with E-state index < -0.39 is 0 Å². The van der Waals surface area contributed by atoms with Crippen LogP contribution in [-0.2, 0) is 11.2 Å². The molecule has 0 spiro atoms. The summed E-state index contributed by atoms with van der Waals surface area (Å²) in [5.74, 6) is 4.00. The number of allylic oxidation sites excluding steroid dienone is 1. The lowest BCUT2D eigenvalue weighted by atomic mass is 9.85. The summed E-state index contributed by atoms with van der Waals surface area (Å²) >= 11 is 0. The average molecular weight is 341 g/mol. The standard InChI is InChI=1S/C21H27NO3/c1-24-20-10-15-5-6-22-19(18(15)12-21(20)25-2)11-17(23)9-16-8-13-3-4-14(16)7-13/h10-14,16,22H,3-9H2,1-2H3/b19-11-/t13-,14+,16?/m1/s1. The molecule has 1 N–H and O–H groups in total. The number of nitrogens with one attached hydrogen (secondary N) is 1. The predicted molar refractivity (Wildman–Crippen MR) is 97.8 cm³/mol. The number of ketones is 1. The van der Waals surface area contributed by atoms with Crippen molar-refractivity contribution in [1.82, 2.24) is 5.32 Å². The minimum Gasteiger partial charge on any atom is -0.493 e. The first-order chi connectivity index (χ1) is 12.2. The van der Waals surface area contributed by atoms with Crippen molar-refractivity contribution in [2.24, 2.45) is 17.8 Å². The number of rotatable bonds is 5. The molecule has 0 amide bonds. The van der Waals surface area contributed by atoms with Gasteiger partial charge in [0.1, 0.15) is 0 Å². The molecule has 1 heterocycles. The van der Waals surface area contributed by atoms with Gasteiger partial charge < -0.3 is 14.8 Å². The van der Waals surface area contributed by atoms with Crippen molar-refractivity contribution >= 4 is 11.5 Å². The Bertz CT molecular complexity index is 709. The molecular weight excluding hydrogens is 314 g/mol. The summed E-state index contributed by atoms with van der Waals surface area (Å²) < 4.78 is 10.8. The Morgan fingerprint density at radius 1 is 1.20 bits per heavy atom. The summed E-state index contributed by atoms with van der Waals surface area (Å²) in [7, 11) is 3.30. The predicted octanol–water partition coefficient (Wildman–Crippen LogP) is 3.59. The number of carbonyl (C=O) groups is 1. The van der Waals surface area contributed by atoms with Crippen LogP contribution in [0.3, 0.4) is 0 Å². The largest absolute Gasteiger partial charge is 0.493 e.